The van der Waals surface area contributed by atoms with E-state index in [9.17, 15) is 24.3 Å². The molecule has 0 bridgehead atoms. The van der Waals surface area contributed by atoms with Crippen LogP contribution in [-0.2, 0) is 25.6 Å². The Balaban J connectivity index is 3.14. The molecule has 0 aliphatic rings. The summed E-state index contributed by atoms with van der Waals surface area (Å²) in [5, 5.41) is 17.7. The normalized spacial score (nSPS) is 16.2. The summed E-state index contributed by atoms with van der Waals surface area (Å²) in [6, 6.07) is 5.48. The molecule has 1 aromatic carbocycles. The molecule has 6 N–H and O–H groups in total. The molecule has 202 valence electrons. The highest BCUT2D eigenvalue weighted by Crippen LogP contribution is 2.13. The van der Waals surface area contributed by atoms with Crippen molar-refractivity contribution in [2.75, 3.05) is 0 Å². The van der Waals surface area contributed by atoms with Crippen molar-refractivity contribution in [1.82, 2.24) is 16.0 Å². The van der Waals surface area contributed by atoms with Crippen molar-refractivity contribution in [2.24, 2.45) is 23.5 Å². The van der Waals surface area contributed by atoms with Crippen molar-refractivity contribution in [3.8, 4) is 0 Å². The van der Waals surface area contributed by atoms with Crippen LogP contribution in [0, 0.1) is 17.8 Å². The molecule has 0 aliphatic carbocycles. The van der Waals surface area contributed by atoms with Crippen LogP contribution in [0.4, 0.5) is 0 Å². The molecule has 6 unspecified atom stereocenters. The van der Waals surface area contributed by atoms with Crippen molar-refractivity contribution >= 4 is 23.7 Å². The number of amides is 3. The van der Waals surface area contributed by atoms with Crippen LogP contribution in [-0.4, -0.2) is 53.0 Å². The van der Waals surface area contributed by atoms with E-state index in [-0.39, 0.29) is 30.6 Å². The molecular formula is C27H44N4O5. The van der Waals surface area contributed by atoms with E-state index in [2.05, 4.69) is 16.0 Å². The molecule has 0 saturated carbocycles. The van der Waals surface area contributed by atoms with E-state index in [1.165, 1.54) is 0 Å². The molecule has 0 spiro atoms. The molecular weight excluding hydrogens is 460 g/mol. The minimum atomic E-state index is -1.13. The number of carboxylic acids is 1. The maximum atomic E-state index is 13.4. The van der Waals surface area contributed by atoms with Gasteiger partial charge in [-0.3, -0.25) is 14.4 Å². The Labute approximate surface area is 215 Å². The molecule has 6 atom stereocenters. The van der Waals surface area contributed by atoms with Crippen LogP contribution < -0.4 is 21.7 Å². The van der Waals surface area contributed by atoms with E-state index in [4.69, 9.17) is 5.73 Å². The van der Waals surface area contributed by atoms with Gasteiger partial charge < -0.3 is 26.8 Å². The molecule has 0 aromatic heterocycles. The molecule has 0 radical (unpaired) electrons. The van der Waals surface area contributed by atoms with Gasteiger partial charge in [0.15, 0.2) is 0 Å². The van der Waals surface area contributed by atoms with Crippen LogP contribution in [0.1, 0.15) is 66.4 Å². The predicted molar refractivity (Wildman–Crippen MR) is 140 cm³/mol. The van der Waals surface area contributed by atoms with Crippen LogP contribution in [0.15, 0.2) is 30.3 Å². The van der Waals surface area contributed by atoms with E-state index >= 15 is 0 Å². The molecule has 36 heavy (non-hydrogen) atoms. The monoisotopic (exact) mass is 504 g/mol. The Kier molecular flexibility index (Phi) is 13.2. The van der Waals surface area contributed by atoms with Gasteiger partial charge in [-0.2, -0.15) is 0 Å². The number of hydrogen-bond donors (Lipinski definition) is 5. The van der Waals surface area contributed by atoms with Gasteiger partial charge >= 0.3 is 5.97 Å². The van der Waals surface area contributed by atoms with Gasteiger partial charge in [0.1, 0.15) is 18.1 Å². The van der Waals surface area contributed by atoms with Crippen molar-refractivity contribution in [3.63, 3.8) is 0 Å². The van der Waals surface area contributed by atoms with Crippen molar-refractivity contribution in [3.05, 3.63) is 35.9 Å². The van der Waals surface area contributed by atoms with Gasteiger partial charge in [0.05, 0.1) is 6.04 Å². The zero-order valence-corrected chi connectivity index (χ0v) is 22.4. The summed E-state index contributed by atoms with van der Waals surface area (Å²) in [7, 11) is 0. The van der Waals surface area contributed by atoms with Crippen molar-refractivity contribution < 1.29 is 24.3 Å². The number of carboxylic acid groups (broad SMARTS) is 1. The number of nitrogens with one attached hydrogen (secondary N) is 3. The number of aliphatic carboxylic acids is 1. The Morgan fingerprint density at radius 1 is 0.806 bits per heavy atom. The molecule has 3 amide bonds. The van der Waals surface area contributed by atoms with Gasteiger partial charge in [-0.25, -0.2) is 4.79 Å². The third-order valence-electron chi connectivity index (χ3n) is 6.59. The van der Waals surface area contributed by atoms with Gasteiger partial charge in [0.2, 0.25) is 17.7 Å². The van der Waals surface area contributed by atoms with Crippen molar-refractivity contribution in [1.29, 1.82) is 0 Å². The fourth-order valence-electron chi connectivity index (χ4n) is 3.75. The summed E-state index contributed by atoms with van der Waals surface area (Å²) in [6.45, 7) is 11.2. The predicted octanol–water partition coefficient (Wildman–Crippen LogP) is 2.23. The smallest absolute Gasteiger partial charge is 0.326 e. The fraction of sp³-hybridized carbons (Fsp3) is 0.630. The first-order chi connectivity index (χ1) is 16.9. The van der Waals surface area contributed by atoms with Crippen LogP contribution in [0.25, 0.3) is 0 Å². The largest absolute Gasteiger partial charge is 0.480 e. The average molecular weight is 505 g/mol. The van der Waals surface area contributed by atoms with E-state index < -0.39 is 47.9 Å². The molecule has 1 rings (SSSR count). The molecule has 0 fully saturated rings. The van der Waals surface area contributed by atoms with E-state index in [1.807, 2.05) is 71.9 Å². The number of carbonyl (C=O) groups excluding carboxylic acids is 3. The minimum absolute atomic E-state index is 0.0585. The first kappa shape index (κ1) is 31.1. The Hall–Kier alpha value is -2.94. The topological polar surface area (TPSA) is 151 Å². The van der Waals surface area contributed by atoms with Crippen LogP contribution >= 0.6 is 0 Å². The van der Waals surface area contributed by atoms with Gasteiger partial charge in [-0.1, -0.05) is 84.7 Å². The lowest BCUT2D eigenvalue weighted by molar-refractivity contribution is -0.143. The highest BCUT2D eigenvalue weighted by atomic mass is 16.4. The second kappa shape index (κ2) is 15.2. The SMILES string of the molecule is CCC(C)C(N)C(=O)NC(Cc1ccccc1)C(=O)NC(C(=O)NC(CC(C)C)C(=O)O)C(C)CC. The number of rotatable bonds is 15. The molecule has 9 nitrogen and oxygen atoms in total. The second-order valence-corrected chi connectivity index (χ2v) is 10.1. The third-order valence-corrected chi connectivity index (χ3v) is 6.59. The van der Waals surface area contributed by atoms with E-state index in [0.717, 1.165) is 5.56 Å². The summed E-state index contributed by atoms with van der Waals surface area (Å²) in [6.07, 6.45) is 1.77. The third kappa shape index (κ3) is 9.97. The highest BCUT2D eigenvalue weighted by Gasteiger charge is 2.33. The Morgan fingerprint density at radius 2 is 1.36 bits per heavy atom. The Bertz CT molecular complexity index is 861. The quantitative estimate of drug-likeness (QED) is 0.247. The lowest BCUT2D eigenvalue weighted by Gasteiger charge is -2.29. The van der Waals surface area contributed by atoms with Crippen LogP contribution in [0.2, 0.25) is 0 Å². The van der Waals surface area contributed by atoms with Crippen molar-refractivity contribution in [2.45, 2.75) is 91.4 Å². The van der Waals surface area contributed by atoms with Gasteiger partial charge in [-0.05, 0) is 29.7 Å². The summed E-state index contributed by atoms with van der Waals surface area (Å²) in [4.78, 5) is 51.0. The summed E-state index contributed by atoms with van der Waals surface area (Å²) < 4.78 is 0. The number of benzene rings is 1. The summed E-state index contributed by atoms with van der Waals surface area (Å²) in [5.41, 5.74) is 6.93. The maximum absolute atomic E-state index is 13.4. The number of nitrogens with two attached hydrogens (primary N) is 1. The average Bonchev–Trinajstić information content (AvgIpc) is 2.84. The standard InChI is InChI=1S/C27H44N4O5/c1-7-17(5)22(28)25(33)29-20(15-19-12-10-9-11-13-19)24(32)31-23(18(6)8-2)26(34)30-21(27(35)36)14-16(3)4/h9-13,16-18,20-23H,7-8,14-15,28H2,1-6H3,(H,29,33)(H,30,34)(H,31,32)(H,35,36). The fourth-order valence-corrected chi connectivity index (χ4v) is 3.75. The molecule has 1 aromatic rings. The second-order valence-electron chi connectivity index (χ2n) is 10.1. The zero-order valence-electron chi connectivity index (χ0n) is 22.4. The summed E-state index contributed by atoms with van der Waals surface area (Å²) in [5.74, 6) is -2.93. The molecule has 9 heteroatoms. The highest BCUT2D eigenvalue weighted by molar-refractivity contribution is 5.94. The van der Waals surface area contributed by atoms with Gasteiger partial charge in [0.25, 0.3) is 0 Å². The number of carbonyl (C=O) groups is 4. The lowest BCUT2D eigenvalue weighted by atomic mass is 9.95. The maximum Gasteiger partial charge on any atom is 0.326 e. The molecule has 0 saturated heterocycles. The van der Waals surface area contributed by atoms with E-state index in [1.54, 1.807) is 0 Å². The lowest BCUT2D eigenvalue weighted by Crippen LogP contribution is -2.59. The van der Waals surface area contributed by atoms with Gasteiger partial charge in [-0.15, -0.1) is 0 Å². The van der Waals surface area contributed by atoms with Crippen LogP contribution in [0.5, 0.6) is 0 Å². The minimum Gasteiger partial charge on any atom is -0.480 e. The molecule has 0 heterocycles. The van der Waals surface area contributed by atoms with E-state index in [0.29, 0.717) is 12.8 Å². The number of hydrogen-bond acceptors (Lipinski definition) is 5. The zero-order chi connectivity index (χ0) is 27.4. The molecule has 0 aliphatic heterocycles. The first-order valence-corrected chi connectivity index (χ1v) is 12.8. The Morgan fingerprint density at radius 3 is 1.86 bits per heavy atom. The first-order valence-electron chi connectivity index (χ1n) is 12.8. The van der Waals surface area contributed by atoms with Gasteiger partial charge in [0, 0.05) is 6.42 Å². The summed E-state index contributed by atoms with van der Waals surface area (Å²) >= 11 is 0. The van der Waals surface area contributed by atoms with Crippen LogP contribution in [0.3, 0.4) is 0 Å².